The van der Waals surface area contributed by atoms with Gasteiger partial charge in [0.1, 0.15) is 11.6 Å². The van der Waals surface area contributed by atoms with Gasteiger partial charge < -0.3 is 20.9 Å². The van der Waals surface area contributed by atoms with Crippen molar-refractivity contribution in [2.24, 2.45) is 5.73 Å². The Hall–Kier alpha value is -3.21. The van der Waals surface area contributed by atoms with E-state index in [9.17, 15) is 22.8 Å². The minimum atomic E-state index is -4.56. The number of piperidine rings is 2. The smallest absolute Gasteiger partial charge is 0.361 e. The van der Waals surface area contributed by atoms with Gasteiger partial charge in [-0.05, 0) is 63.4 Å². The Morgan fingerprint density at radius 2 is 1.63 bits per heavy atom. The minimum Gasteiger partial charge on any atom is -0.361 e. The van der Waals surface area contributed by atoms with E-state index < -0.39 is 35.0 Å². The summed E-state index contributed by atoms with van der Waals surface area (Å²) in [7, 11) is 0. The van der Waals surface area contributed by atoms with Crippen LogP contribution in [0.3, 0.4) is 0 Å². The number of ketones is 1. The van der Waals surface area contributed by atoms with Gasteiger partial charge in [0.2, 0.25) is 5.91 Å². The molecule has 2 saturated heterocycles. The highest BCUT2D eigenvalue weighted by atomic mass is 19.4. The third-order valence-corrected chi connectivity index (χ3v) is 8.84. The second kappa shape index (κ2) is 12.0. The molecule has 2 atom stereocenters. The fourth-order valence-corrected chi connectivity index (χ4v) is 6.63. The lowest BCUT2D eigenvalue weighted by molar-refractivity contribution is -0.139. The van der Waals surface area contributed by atoms with Crippen molar-refractivity contribution in [1.29, 1.82) is 0 Å². The molecule has 1 aromatic heterocycles. The molecule has 5 rings (SSSR count). The molecule has 10 heteroatoms. The van der Waals surface area contributed by atoms with Crippen LogP contribution >= 0.6 is 0 Å². The number of Topliss-reactive ketones (excluding diaryl/α,β-unsaturated/α-hetero) is 1. The molecule has 0 bridgehead atoms. The van der Waals surface area contributed by atoms with Crippen molar-refractivity contribution in [3.63, 3.8) is 0 Å². The van der Waals surface area contributed by atoms with Gasteiger partial charge in [0, 0.05) is 48.3 Å². The van der Waals surface area contributed by atoms with E-state index in [0.717, 1.165) is 42.9 Å². The van der Waals surface area contributed by atoms with E-state index in [0.29, 0.717) is 24.7 Å². The van der Waals surface area contributed by atoms with Crippen molar-refractivity contribution < 1.29 is 22.8 Å². The van der Waals surface area contributed by atoms with E-state index in [1.807, 2.05) is 29.2 Å². The maximum atomic E-state index is 14.1. The van der Waals surface area contributed by atoms with Crippen molar-refractivity contribution in [1.82, 2.24) is 20.1 Å². The average Bonchev–Trinajstić information content (AvgIpc) is 3.41. The molecule has 220 valence electrons. The third kappa shape index (κ3) is 5.91. The molecule has 3 aromatic rings. The summed E-state index contributed by atoms with van der Waals surface area (Å²) in [4.78, 5) is 35.2. The van der Waals surface area contributed by atoms with Gasteiger partial charge in [0.25, 0.3) is 0 Å². The quantitative estimate of drug-likeness (QED) is 0.370. The van der Waals surface area contributed by atoms with Crippen LogP contribution in [0, 0.1) is 0 Å². The number of likely N-dealkylation sites (tertiary alicyclic amines) is 2. The van der Waals surface area contributed by atoms with Crippen molar-refractivity contribution in [2.45, 2.75) is 69.4 Å². The number of aromatic amines is 1. The second-order valence-electron chi connectivity index (χ2n) is 11.3. The van der Waals surface area contributed by atoms with E-state index in [4.69, 9.17) is 5.73 Å². The molecule has 0 spiro atoms. The Balaban J connectivity index is 1.47. The molecule has 4 N–H and O–H groups in total. The van der Waals surface area contributed by atoms with Crippen LogP contribution in [0.2, 0.25) is 0 Å². The summed E-state index contributed by atoms with van der Waals surface area (Å²) in [6.45, 7) is 4.27. The highest BCUT2D eigenvalue weighted by molar-refractivity contribution is 6.00. The molecular formula is C31H38F3N5O2. The number of amides is 1. The van der Waals surface area contributed by atoms with E-state index in [-0.39, 0.29) is 12.1 Å². The Bertz CT molecular complexity index is 1380. The van der Waals surface area contributed by atoms with E-state index >= 15 is 0 Å². The molecule has 2 fully saturated rings. The number of hydrogen-bond donors (Lipinski definition) is 3. The molecule has 2 aliphatic heterocycles. The van der Waals surface area contributed by atoms with Gasteiger partial charge in [-0.15, -0.1) is 0 Å². The van der Waals surface area contributed by atoms with Crippen LogP contribution in [0.4, 0.5) is 13.2 Å². The zero-order chi connectivity index (χ0) is 29.2. The SMILES string of the molecule is CC(=O)C(N)(c1c[nH]c2ccccc12)C(C(=O)NCc1ccccc1C(F)(F)F)N1CCC(N2CCCCC2)CC1. The van der Waals surface area contributed by atoms with Gasteiger partial charge >= 0.3 is 6.18 Å². The van der Waals surface area contributed by atoms with Gasteiger partial charge in [-0.1, -0.05) is 42.8 Å². The first-order chi connectivity index (χ1) is 19.6. The number of alkyl halides is 3. The summed E-state index contributed by atoms with van der Waals surface area (Å²) < 4.78 is 40.9. The predicted molar refractivity (Wildman–Crippen MR) is 152 cm³/mol. The molecule has 1 amide bonds. The minimum absolute atomic E-state index is 0.0477. The van der Waals surface area contributed by atoms with Crippen LogP contribution < -0.4 is 11.1 Å². The molecular weight excluding hydrogens is 531 g/mol. The summed E-state index contributed by atoms with van der Waals surface area (Å²) in [5, 5.41) is 3.45. The van der Waals surface area contributed by atoms with Gasteiger partial charge in [-0.25, -0.2) is 0 Å². The predicted octanol–water partition coefficient (Wildman–Crippen LogP) is 4.57. The Labute approximate surface area is 238 Å². The zero-order valence-electron chi connectivity index (χ0n) is 23.3. The number of carbonyl (C=O) groups excluding carboxylic acids is 2. The fourth-order valence-electron chi connectivity index (χ4n) is 6.63. The molecule has 0 radical (unpaired) electrons. The number of H-pyrrole nitrogens is 1. The van der Waals surface area contributed by atoms with E-state index in [1.165, 1.54) is 44.4 Å². The van der Waals surface area contributed by atoms with Crippen molar-refractivity contribution in [3.8, 4) is 0 Å². The number of aromatic nitrogens is 1. The van der Waals surface area contributed by atoms with Gasteiger partial charge in [0.15, 0.2) is 5.78 Å². The van der Waals surface area contributed by atoms with Crippen LogP contribution in [0.15, 0.2) is 54.7 Å². The highest BCUT2D eigenvalue weighted by Crippen LogP contribution is 2.36. The van der Waals surface area contributed by atoms with Crippen LogP contribution in [-0.4, -0.2) is 64.7 Å². The Kier molecular flexibility index (Phi) is 8.54. The monoisotopic (exact) mass is 569 g/mol. The summed E-state index contributed by atoms with van der Waals surface area (Å²) in [5.41, 5.74) is 5.72. The summed E-state index contributed by atoms with van der Waals surface area (Å²) >= 11 is 0. The Morgan fingerprint density at radius 3 is 2.32 bits per heavy atom. The first-order valence-corrected chi connectivity index (χ1v) is 14.4. The second-order valence-corrected chi connectivity index (χ2v) is 11.3. The summed E-state index contributed by atoms with van der Waals surface area (Å²) in [6.07, 6.45) is 2.37. The molecule has 7 nitrogen and oxygen atoms in total. The fraction of sp³-hybridized carbons (Fsp3) is 0.484. The highest BCUT2D eigenvalue weighted by Gasteiger charge is 2.50. The molecule has 0 aliphatic carbocycles. The van der Waals surface area contributed by atoms with Gasteiger partial charge in [-0.3, -0.25) is 14.5 Å². The zero-order valence-corrected chi connectivity index (χ0v) is 23.3. The van der Waals surface area contributed by atoms with Crippen LogP contribution in [-0.2, 0) is 27.8 Å². The topological polar surface area (TPSA) is 94.5 Å². The molecule has 2 aliphatic rings. The maximum Gasteiger partial charge on any atom is 0.416 e. The number of nitrogens with two attached hydrogens (primary N) is 1. The third-order valence-electron chi connectivity index (χ3n) is 8.84. The van der Waals surface area contributed by atoms with Gasteiger partial charge in [-0.2, -0.15) is 13.2 Å². The Morgan fingerprint density at radius 1 is 0.976 bits per heavy atom. The number of rotatable bonds is 8. The first kappa shape index (κ1) is 29.3. The number of fused-ring (bicyclic) bond motifs is 1. The molecule has 41 heavy (non-hydrogen) atoms. The van der Waals surface area contributed by atoms with Crippen molar-refractivity contribution >= 4 is 22.6 Å². The number of para-hydroxylation sites is 1. The maximum absolute atomic E-state index is 14.1. The normalized spacial score (nSPS) is 20.0. The lowest BCUT2D eigenvalue weighted by Crippen LogP contribution is -2.67. The standard InChI is InChI=1S/C31H38F3N5O2/c1-21(40)30(35,26-20-36-27-12-6-4-10-24(26)27)28(39-17-13-23(14-18-39)38-15-7-2-8-16-38)29(41)37-19-22-9-3-5-11-25(22)31(32,33)34/h3-6,9-12,20,23,28,36H,2,7-8,13-19,35H2,1H3,(H,37,41). The number of nitrogens with one attached hydrogen (secondary N) is 2. The summed E-state index contributed by atoms with van der Waals surface area (Å²) in [6, 6.07) is 11.9. The number of halogens is 3. The van der Waals surface area contributed by atoms with E-state index in [2.05, 4.69) is 15.2 Å². The first-order valence-electron chi connectivity index (χ1n) is 14.4. The number of benzene rings is 2. The van der Waals surface area contributed by atoms with Crippen LogP contribution in [0.5, 0.6) is 0 Å². The number of nitrogens with zero attached hydrogens (tertiary/aromatic N) is 2. The average molecular weight is 570 g/mol. The van der Waals surface area contributed by atoms with Crippen LogP contribution in [0.25, 0.3) is 10.9 Å². The van der Waals surface area contributed by atoms with Gasteiger partial charge in [0.05, 0.1) is 5.56 Å². The molecule has 0 saturated carbocycles. The molecule has 2 aromatic carbocycles. The van der Waals surface area contributed by atoms with Crippen LogP contribution in [0.1, 0.15) is 55.7 Å². The molecule has 2 unspecified atom stereocenters. The molecule has 3 heterocycles. The largest absolute Gasteiger partial charge is 0.416 e. The van der Waals surface area contributed by atoms with E-state index in [1.54, 1.807) is 6.20 Å². The summed E-state index contributed by atoms with van der Waals surface area (Å²) in [5.74, 6) is -0.961. The van der Waals surface area contributed by atoms with Crippen molar-refractivity contribution in [3.05, 3.63) is 71.4 Å². The lowest BCUT2D eigenvalue weighted by Gasteiger charge is -2.46. The number of hydrogen-bond acceptors (Lipinski definition) is 5. The number of carbonyl (C=O) groups is 2. The lowest BCUT2D eigenvalue weighted by atomic mass is 9.78. The van der Waals surface area contributed by atoms with Crippen molar-refractivity contribution in [2.75, 3.05) is 26.2 Å².